The smallest absolute Gasteiger partial charge is 0.419 e. The number of hydrogen-bond acceptors (Lipinski definition) is 3. The lowest BCUT2D eigenvalue weighted by Gasteiger charge is -2.54. The molecule has 1 aromatic carbocycles. The number of halogens is 3. The standard InChI is InChI=1S/C25H33F3N2O3/c1-4-21(31)29-23(2)12-18(13-23)22(32)30-9-7-24(8-10-30)14-17(15-24)16-5-6-20(33-3)19(11-16)25(26,27)28/h5-6,11,17-18H,4,7-10,12-15H2,1-3H3,(H,29,31)/t18-,23+. The van der Waals surface area contributed by atoms with E-state index in [9.17, 15) is 22.8 Å². The van der Waals surface area contributed by atoms with Crippen LogP contribution in [0.2, 0.25) is 0 Å². The van der Waals surface area contributed by atoms with Crippen LogP contribution in [-0.2, 0) is 15.8 Å². The third-order valence-electron chi connectivity index (χ3n) is 8.00. The first-order valence-electron chi connectivity index (χ1n) is 11.8. The van der Waals surface area contributed by atoms with Gasteiger partial charge in [0.25, 0.3) is 0 Å². The molecule has 4 rings (SSSR count). The van der Waals surface area contributed by atoms with Crippen molar-refractivity contribution >= 4 is 11.8 Å². The Morgan fingerprint density at radius 1 is 1.15 bits per heavy atom. The second-order valence-corrected chi connectivity index (χ2v) is 10.5. The van der Waals surface area contributed by atoms with Gasteiger partial charge in [-0.15, -0.1) is 0 Å². The Morgan fingerprint density at radius 3 is 2.33 bits per heavy atom. The van der Waals surface area contributed by atoms with Crippen LogP contribution < -0.4 is 10.1 Å². The third-order valence-corrected chi connectivity index (χ3v) is 8.00. The molecule has 8 heteroatoms. The number of carbonyl (C=O) groups excluding carboxylic acids is 2. The van der Waals surface area contributed by atoms with Crippen molar-refractivity contribution in [1.82, 2.24) is 10.2 Å². The average molecular weight is 467 g/mol. The molecule has 0 radical (unpaired) electrons. The number of carbonyl (C=O) groups is 2. The number of ether oxygens (including phenoxy) is 1. The lowest BCUT2D eigenvalue weighted by atomic mass is 9.56. The van der Waals surface area contributed by atoms with E-state index in [1.165, 1.54) is 19.2 Å². The zero-order valence-electron chi connectivity index (χ0n) is 19.6. The highest BCUT2D eigenvalue weighted by molar-refractivity contribution is 5.82. The molecule has 3 fully saturated rings. The maximum Gasteiger partial charge on any atom is 0.419 e. The molecule has 3 aliphatic rings. The number of alkyl halides is 3. The molecular formula is C25H33F3N2O3. The Morgan fingerprint density at radius 2 is 1.79 bits per heavy atom. The quantitative estimate of drug-likeness (QED) is 0.672. The molecule has 2 aliphatic carbocycles. The number of likely N-dealkylation sites (tertiary alicyclic amines) is 1. The highest BCUT2D eigenvalue weighted by Gasteiger charge is 2.50. The first kappa shape index (κ1) is 23.9. The average Bonchev–Trinajstić information content (AvgIpc) is 2.74. The fourth-order valence-electron chi connectivity index (χ4n) is 6.02. The molecule has 33 heavy (non-hydrogen) atoms. The molecule has 0 atom stereocenters. The van der Waals surface area contributed by atoms with Crippen LogP contribution in [0.5, 0.6) is 5.75 Å². The van der Waals surface area contributed by atoms with E-state index in [0.717, 1.165) is 31.2 Å². The molecule has 1 aliphatic heterocycles. The Labute approximate surface area is 193 Å². The number of nitrogens with one attached hydrogen (secondary N) is 1. The van der Waals surface area contributed by atoms with Gasteiger partial charge >= 0.3 is 6.18 Å². The van der Waals surface area contributed by atoms with Crippen LogP contribution in [0.4, 0.5) is 13.2 Å². The minimum absolute atomic E-state index is 0.0158. The van der Waals surface area contributed by atoms with Crippen molar-refractivity contribution < 1.29 is 27.5 Å². The number of nitrogens with zero attached hydrogens (tertiary/aromatic N) is 1. The molecule has 0 bridgehead atoms. The fraction of sp³-hybridized carbons (Fsp3) is 0.680. The van der Waals surface area contributed by atoms with Gasteiger partial charge in [0.05, 0.1) is 12.7 Å². The van der Waals surface area contributed by atoms with Crippen LogP contribution in [0.25, 0.3) is 0 Å². The maximum atomic E-state index is 13.4. The molecule has 182 valence electrons. The summed E-state index contributed by atoms with van der Waals surface area (Å²) >= 11 is 0. The van der Waals surface area contributed by atoms with E-state index in [4.69, 9.17) is 4.74 Å². The summed E-state index contributed by atoms with van der Waals surface area (Å²) in [5.41, 5.74) is -0.149. The lowest BCUT2D eigenvalue weighted by Crippen LogP contribution is -2.59. The summed E-state index contributed by atoms with van der Waals surface area (Å²) < 4.78 is 45.0. The van der Waals surface area contributed by atoms with Gasteiger partial charge in [0.1, 0.15) is 5.75 Å². The first-order chi connectivity index (χ1) is 15.5. The van der Waals surface area contributed by atoms with Crippen molar-refractivity contribution in [2.24, 2.45) is 11.3 Å². The molecule has 2 saturated carbocycles. The van der Waals surface area contributed by atoms with Crippen molar-refractivity contribution in [3.8, 4) is 5.75 Å². The van der Waals surface area contributed by atoms with Gasteiger partial charge in [-0.2, -0.15) is 13.2 Å². The Bertz CT molecular complexity index is 908. The van der Waals surface area contributed by atoms with E-state index in [2.05, 4.69) is 5.32 Å². The van der Waals surface area contributed by atoms with Crippen molar-refractivity contribution in [3.63, 3.8) is 0 Å². The number of methoxy groups -OCH3 is 1. The summed E-state index contributed by atoms with van der Waals surface area (Å²) in [6.07, 6.45) is 0.887. The Hall–Kier alpha value is -2.25. The van der Waals surface area contributed by atoms with Gasteiger partial charge in [-0.05, 0) is 74.5 Å². The highest BCUT2D eigenvalue weighted by Crippen LogP contribution is 2.57. The second-order valence-electron chi connectivity index (χ2n) is 10.5. The second kappa shape index (κ2) is 8.51. The largest absolute Gasteiger partial charge is 0.496 e. The van der Waals surface area contributed by atoms with Crippen LogP contribution in [0.15, 0.2) is 18.2 Å². The Kier molecular flexibility index (Phi) is 6.16. The molecule has 0 unspecified atom stereocenters. The number of amides is 2. The van der Waals surface area contributed by atoms with Gasteiger partial charge in [0.15, 0.2) is 0 Å². The lowest BCUT2D eigenvalue weighted by molar-refractivity contribution is -0.146. The van der Waals surface area contributed by atoms with Crippen molar-refractivity contribution in [1.29, 1.82) is 0 Å². The summed E-state index contributed by atoms with van der Waals surface area (Å²) in [5.74, 6) is 0.133. The fourth-order valence-corrected chi connectivity index (χ4v) is 6.02. The molecule has 1 heterocycles. The van der Waals surface area contributed by atoms with E-state index in [-0.39, 0.29) is 40.4 Å². The topological polar surface area (TPSA) is 58.6 Å². The SMILES string of the molecule is CCC(=O)N[C@]1(C)C[C@H](C(=O)N2CCC3(CC2)CC(c2ccc(OC)c(C(F)(F)F)c2)C3)C1. The molecular weight excluding hydrogens is 433 g/mol. The predicted octanol–water partition coefficient (Wildman–Crippen LogP) is 4.90. The zero-order chi connectivity index (χ0) is 24.0. The normalized spacial score (nSPS) is 27.0. The summed E-state index contributed by atoms with van der Waals surface area (Å²) in [5, 5.41) is 3.01. The van der Waals surface area contributed by atoms with Crippen LogP contribution >= 0.6 is 0 Å². The first-order valence-corrected chi connectivity index (χ1v) is 11.8. The van der Waals surface area contributed by atoms with E-state index >= 15 is 0 Å². The highest BCUT2D eigenvalue weighted by atomic mass is 19.4. The van der Waals surface area contributed by atoms with Crippen LogP contribution in [0.3, 0.4) is 0 Å². The molecule has 1 N–H and O–H groups in total. The van der Waals surface area contributed by atoms with E-state index < -0.39 is 11.7 Å². The van der Waals surface area contributed by atoms with Crippen molar-refractivity contribution in [2.75, 3.05) is 20.2 Å². The summed E-state index contributed by atoms with van der Waals surface area (Å²) in [6, 6.07) is 4.40. The molecule has 2 amide bonds. The van der Waals surface area contributed by atoms with Gasteiger partial charge in [-0.25, -0.2) is 0 Å². The molecule has 5 nitrogen and oxygen atoms in total. The zero-order valence-corrected chi connectivity index (χ0v) is 19.6. The predicted molar refractivity (Wildman–Crippen MR) is 118 cm³/mol. The number of piperidine rings is 1. The molecule has 0 aromatic heterocycles. The monoisotopic (exact) mass is 466 g/mol. The van der Waals surface area contributed by atoms with E-state index in [1.54, 1.807) is 6.07 Å². The van der Waals surface area contributed by atoms with Gasteiger partial charge in [-0.1, -0.05) is 13.0 Å². The van der Waals surface area contributed by atoms with Crippen molar-refractivity contribution in [3.05, 3.63) is 29.3 Å². The minimum Gasteiger partial charge on any atom is -0.496 e. The van der Waals surface area contributed by atoms with E-state index in [0.29, 0.717) is 32.4 Å². The van der Waals surface area contributed by atoms with Gasteiger partial charge in [0.2, 0.25) is 11.8 Å². The summed E-state index contributed by atoms with van der Waals surface area (Å²) in [4.78, 5) is 26.5. The van der Waals surface area contributed by atoms with Crippen molar-refractivity contribution in [2.45, 2.75) is 76.4 Å². The minimum atomic E-state index is -4.44. The van der Waals surface area contributed by atoms with Crippen LogP contribution in [-0.4, -0.2) is 42.5 Å². The number of rotatable bonds is 5. The van der Waals surface area contributed by atoms with E-state index in [1.807, 2.05) is 18.7 Å². The Balaban J connectivity index is 1.29. The number of benzene rings is 1. The summed E-state index contributed by atoms with van der Waals surface area (Å²) in [6.45, 7) is 5.22. The summed E-state index contributed by atoms with van der Waals surface area (Å²) in [7, 11) is 1.25. The maximum absolute atomic E-state index is 13.4. The number of hydrogen-bond donors (Lipinski definition) is 1. The van der Waals surface area contributed by atoms with Gasteiger partial charge in [-0.3, -0.25) is 9.59 Å². The molecule has 1 aromatic rings. The van der Waals surface area contributed by atoms with Gasteiger partial charge < -0.3 is 15.0 Å². The molecule has 1 saturated heterocycles. The third kappa shape index (κ3) is 4.71. The van der Waals surface area contributed by atoms with Crippen LogP contribution in [0.1, 0.15) is 75.8 Å². The molecule has 1 spiro atoms. The van der Waals surface area contributed by atoms with Gasteiger partial charge in [0, 0.05) is 31.0 Å². The van der Waals surface area contributed by atoms with Crippen LogP contribution in [0, 0.1) is 11.3 Å².